The van der Waals surface area contributed by atoms with Gasteiger partial charge in [-0.2, -0.15) is 0 Å². The van der Waals surface area contributed by atoms with E-state index < -0.39 is 0 Å². The first kappa shape index (κ1) is 19.0. The quantitative estimate of drug-likeness (QED) is 0.713. The molecule has 1 aliphatic heterocycles. The van der Waals surface area contributed by atoms with E-state index in [4.69, 9.17) is 9.47 Å². The van der Waals surface area contributed by atoms with Crippen LogP contribution in [0.15, 0.2) is 30.5 Å². The SMILES string of the molecule is CCOC(=O)CC1COCCN1C(=O)c1cn(Cc2ccccc2C)nn1. The Morgan fingerprint density at radius 1 is 1.33 bits per heavy atom. The zero-order chi connectivity index (χ0) is 19.2. The summed E-state index contributed by atoms with van der Waals surface area (Å²) in [5.74, 6) is -0.586. The van der Waals surface area contributed by atoms with Crippen molar-refractivity contribution in [1.29, 1.82) is 0 Å². The maximum atomic E-state index is 12.9. The van der Waals surface area contributed by atoms with Crippen molar-refractivity contribution in [2.45, 2.75) is 32.9 Å². The van der Waals surface area contributed by atoms with Gasteiger partial charge in [-0.25, -0.2) is 4.68 Å². The van der Waals surface area contributed by atoms with Crippen molar-refractivity contribution in [1.82, 2.24) is 19.9 Å². The van der Waals surface area contributed by atoms with Gasteiger partial charge in [0.05, 0.1) is 45.0 Å². The summed E-state index contributed by atoms with van der Waals surface area (Å²) in [6.07, 6.45) is 1.75. The van der Waals surface area contributed by atoms with Crippen molar-refractivity contribution in [3.63, 3.8) is 0 Å². The van der Waals surface area contributed by atoms with Gasteiger partial charge in [-0.05, 0) is 25.0 Å². The molecule has 1 saturated heterocycles. The first-order valence-electron chi connectivity index (χ1n) is 9.07. The van der Waals surface area contributed by atoms with Crippen LogP contribution in [0, 0.1) is 6.92 Å². The molecule has 1 aliphatic rings. The van der Waals surface area contributed by atoms with Crippen molar-refractivity contribution in [3.8, 4) is 0 Å². The molecule has 1 aromatic carbocycles. The predicted octanol–water partition coefficient (Wildman–Crippen LogP) is 1.43. The van der Waals surface area contributed by atoms with Crippen molar-refractivity contribution in [2.75, 3.05) is 26.4 Å². The number of benzene rings is 1. The molecule has 0 N–H and O–H groups in total. The van der Waals surface area contributed by atoms with E-state index in [0.717, 1.165) is 11.1 Å². The molecule has 144 valence electrons. The van der Waals surface area contributed by atoms with Crippen molar-refractivity contribution >= 4 is 11.9 Å². The van der Waals surface area contributed by atoms with Crippen LogP contribution in [0.1, 0.15) is 35.0 Å². The second kappa shape index (κ2) is 8.77. The first-order chi connectivity index (χ1) is 13.1. The van der Waals surface area contributed by atoms with Gasteiger partial charge >= 0.3 is 5.97 Å². The number of hydrogen-bond donors (Lipinski definition) is 0. The molecular weight excluding hydrogens is 348 g/mol. The van der Waals surface area contributed by atoms with Crippen molar-refractivity contribution < 1.29 is 19.1 Å². The summed E-state index contributed by atoms with van der Waals surface area (Å²) in [4.78, 5) is 26.3. The maximum Gasteiger partial charge on any atom is 0.307 e. The molecule has 1 unspecified atom stereocenters. The minimum absolute atomic E-state index is 0.108. The van der Waals surface area contributed by atoms with Crippen LogP contribution in [0.25, 0.3) is 0 Å². The highest BCUT2D eigenvalue weighted by molar-refractivity contribution is 5.92. The van der Waals surface area contributed by atoms with E-state index in [1.165, 1.54) is 0 Å². The average Bonchev–Trinajstić information content (AvgIpc) is 3.12. The molecule has 0 radical (unpaired) electrons. The van der Waals surface area contributed by atoms with Gasteiger partial charge in [0, 0.05) is 6.54 Å². The monoisotopic (exact) mass is 372 g/mol. The molecule has 0 spiro atoms. The normalized spacial score (nSPS) is 17.0. The van der Waals surface area contributed by atoms with Crippen LogP contribution in [0.2, 0.25) is 0 Å². The van der Waals surface area contributed by atoms with E-state index in [2.05, 4.69) is 10.3 Å². The fourth-order valence-corrected chi connectivity index (χ4v) is 3.09. The Morgan fingerprint density at radius 2 is 2.15 bits per heavy atom. The summed E-state index contributed by atoms with van der Waals surface area (Å²) < 4.78 is 12.1. The van der Waals surface area contributed by atoms with Crippen LogP contribution < -0.4 is 0 Å². The molecule has 1 atom stereocenters. The second-order valence-corrected chi connectivity index (χ2v) is 6.46. The third-order valence-corrected chi connectivity index (χ3v) is 4.55. The van der Waals surface area contributed by atoms with Crippen LogP contribution in [0.3, 0.4) is 0 Å². The van der Waals surface area contributed by atoms with Crippen molar-refractivity contribution in [3.05, 3.63) is 47.3 Å². The molecule has 0 saturated carbocycles. The maximum absolute atomic E-state index is 12.9. The summed E-state index contributed by atoms with van der Waals surface area (Å²) in [5, 5.41) is 8.11. The van der Waals surface area contributed by atoms with E-state index in [1.54, 1.807) is 22.7 Å². The minimum atomic E-state index is -0.355. The van der Waals surface area contributed by atoms with Gasteiger partial charge in [-0.15, -0.1) is 5.10 Å². The Labute approximate surface area is 158 Å². The van der Waals surface area contributed by atoms with Gasteiger partial charge in [0.15, 0.2) is 5.69 Å². The molecule has 8 nitrogen and oxygen atoms in total. The highest BCUT2D eigenvalue weighted by atomic mass is 16.5. The number of ether oxygens (including phenoxy) is 2. The summed E-state index contributed by atoms with van der Waals surface area (Å²) in [6, 6.07) is 7.66. The molecule has 2 aromatic rings. The number of carbonyl (C=O) groups is 2. The lowest BCUT2D eigenvalue weighted by Crippen LogP contribution is -2.49. The predicted molar refractivity (Wildman–Crippen MR) is 97.2 cm³/mol. The second-order valence-electron chi connectivity index (χ2n) is 6.46. The highest BCUT2D eigenvalue weighted by Crippen LogP contribution is 2.15. The first-order valence-corrected chi connectivity index (χ1v) is 9.07. The van der Waals surface area contributed by atoms with E-state index >= 15 is 0 Å². The molecule has 3 rings (SSSR count). The summed E-state index contributed by atoms with van der Waals surface area (Å²) in [5.41, 5.74) is 2.54. The molecule has 1 aromatic heterocycles. The third-order valence-electron chi connectivity index (χ3n) is 4.55. The van der Waals surface area contributed by atoms with Crippen LogP contribution in [-0.4, -0.2) is 64.2 Å². The summed E-state index contributed by atoms with van der Waals surface area (Å²) >= 11 is 0. The third kappa shape index (κ3) is 4.71. The molecular formula is C19H24N4O4. The Balaban J connectivity index is 1.70. The van der Waals surface area contributed by atoms with Gasteiger partial charge < -0.3 is 14.4 Å². The molecule has 1 amide bonds. The average molecular weight is 372 g/mol. The number of rotatable bonds is 6. The number of amides is 1. The van der Waals surface area contributed by atoms with Crippen molar-refractivity contribution in [2.24, 2.45) is 0 Å². The van der Waals surface area contributed by atoms with E-state index in [9.17, 15) is 9.59 Å². The lowest BCUT2D eigenvalue weighted by atomic mass is 10.1. The van der Waals surface area contributed by atoms with Gasteiger partial charge in [-0.3, -0.25) is 9.59 Å². The zero-order valence-electron chi connectivity index (χ0n) is 15.6. The topological polar surface area (TPSA) is 86.5 Å². The lowest BCUT2D eigenvalue weighted by molar-refractivity contribution is -0.145. The minimum Gasteiger partial charge on any atom is -0.466 e. The van der Waals surface area contributed by atoms with Gasteiger partial charge in [0.2, 0.25) is 0 Å². The van der Waals surface area contributed by atoms with Crippen LogP contribution in [0.5, 0.6) is 0 Å². The Hall–Kier alpha value is -2.74. The Morgan fingerprint density at radius 3 is 2.93 bits per heavy atom. The number of carbonyl (C=O) groups excluding carboxylic acids is 2. The number of esters is 1. The molecule has 0 aliphatic carbocycles. The lowest BCUT2D eigenvalue weighted by Gasteiger charge is -2.34. The highest BCUT2D eigenvalue weighted by Gasteiger charge is 2.31. The van der Waals surface area contributed by atoms with Gasteiger partial charge in [0.25, 0.3) is 5.91 Å². The van der Waals surface area contributed by atoms with E-state index in [0.29, 0.717) is 32.9 Å². The molecule has 0 bridgehead atoms. The van der Waals surface area contributed by atoms with E-state index in [-0.39, 0.29) is 30.0 Å². The number of hydrogen-bond acceptors (Lipinski definition) is 6. The Bertz CT molecular complexity index is 805. The number of morpholine rings is 1. The molecule has 27 heavy (non-hydrogen) atoms. The van der Waals surface area contributed by atoms with E-state index in [1.807, 2.05) is 31.2 Å². The smallest absolute Gasteiger partial charge is 0.307 e. The number of aromatic nitrogens is 3. The molecule has 2 heterocycles. The fraction of sp³-hybridized carbons (Fsp3) is 0.474. The largest absolute Gasteiger partial charge is 0.466 e. The number of nitrogens with zero attached hydrogens (tertiary/aromatic N) is 4. The Kier molecular flexibility index (Phi) is 6.18. The van der Waals surface area contributed by atoms with Crippen LogP contribution in [-0.2, 0) is 20.8 Å². The standard InChI is InChI=1S/C19H24N4O4/c1-3-27-18(24)10-16-13-26-9-8-23(16)19(25)17-12-22(21-20-17)11-15-7-5-4-6-14(15)2/h4-7,12,16H,3,8-11,13H2,1-2H3. The number of aryl methyl sites for hydroxylation is 1. The van der Waals surface area contributed by atoms with Crippen LogP contribution in [0.4, 0.5) is 0 Å². The molecule has 1 fully saturated rings. The summed E-state index contributed by atoms with van der Waals surface area (Å²) in [7, 11) is 0. The fourth-order valence-electron chi connectivity index (χ4n) is 3.09. The van der Waals surface area contributed by atoms with Crippen LogP contribution >= 0.6 is 0 Å². The molecule has 8 heteroatoms. The summed E-state index contributed by atoms with van der Waals surface area (Å²) in [6.45, 7) is 5.80. The van der Waals surface area contributed by atoms with Gasteiger partial charge in [-0.1, -0.05) is 29.5 Å². The van der Waals surface area contributed by atoms with Gasteiger partial charge in [0.1, 0.15) is 0 Å². The zero-order valence-corrected chi connectivity index (χ0v) is 15.6.